The molecule has 7 nitrogen and oxygen atoms in total. The normalized spacial score (nSPS) is 10.6. The third kappa shape index (κ3) is 3.76. The zero-order chi connectivity index (χ0) is 15.6. The van der Waals surface area contributed by atoms with Crippen molar-refractivity contribution in [3.05, 3.63) is 38.5 Å². The molecule has 0 aliphatic rings. The predicted molar refractivity (Wildman–Crippen MR) is 77.9 cm³/mol. The Morgan fingerprint density at radius 1 is 1.52 bits per heavy atom. The first-order valence-corrected chi connectivity index (χ1v) is 7.47. The van der Waals surface area contributed by atoms with Crippen molar-refractivity contribution in [3.8, 4) is 0 Å². The number of carboxylic acids is 1. The Morgan fingerprint density at radius 2 is 2.24 bits per heavy atom. The molecule has 0 unspecified atom stereocenters. The Labute approximate surface area is 128 Å². The number of aryl methyl sites for hydroxylation is 2. The maximum Gasteiger partial charge on any atom is 0.308 e. The molecule has 2 heterocycles. The highest BCUT2D eigenvalue weighted by atomic mass is 32.2. The Bertz CT molecular complexity index is 715. The van der Waals surface area contributed by atoms with Gasteiger partial charge in [-0.05, 0) is 25.6 Å². The van der Waals surface area contributed by atoms with Gasteiger partial charge in [0.25, 0.3) is 5.69 Å². The third-order valence-electron chi connectivity index (χ3n) is 2.62. The molecule has 0 saturated heterocycles. The second-order valence-electron chi connectivity index (χ2n) is 4.23. The molecule has 0 amide bonds. The van der Waals surface area contributed by atoms with Crippen molar-refractivity contribution in [1.82, 2.24) is 9.97 Å². The number of carboxylic acid groups (broad SMARTS) is 1. The van der Waals surface area contributed by atoms with Gasteiger partial charge >= 0.3 is 5.97 Å². The first kappa shape index (κ1) is 15.4. The van der Waals surface area contributed by atoms with E-state index in [4.69, 9.17) is 5.11 Å². The summed E-state index contributed by atoms with van der Waals surface area (Å²) in [6, 6.07) is 1.40. The molecule has 0 spiro atoms. The van der Waals surface area contributed by atoms with Crippen molar-refractivity contribution in [2.24, 2.45) is 0 Å². The Hall–Kier alpha value is -2.00. The van der Waals surface area contributed by atoms with Crippen molar-refractivity contribution in [2.75, 3.05) is 0 Å². The number of pyridine rings is 1. The van der Waals surface area contributed by atoms with E-state index in [2.05, 4.69) is 9.97 Å². The maximum absolute atomic E-state index is 10.9. The van der Waals surface area contributed by atoms with Crippen LogP contribution in [0.3, 0.4) is 0 Å². The third-order valence-corrected chi connectivity index (χ3v) is 4.77. The molecule has 0 atom stereocenters. The van der Waals surface area contributed by atoms with Crippen LogP contribution in [0.15, 0.2) is 21.6 Å². The SMILES string of the molecule is Cc1cnc(Sc2nc(C)c(CC(=O)O)s2)cc1[N+](=O)[O-]. The number of hydrogen-bond acceptors (Lipinski definition) is 7. The lowest BCUT2D eigenvalue weighted by atomic mass is 10.3. The molecule has 9 heteroatoms. The molecule has 110 valence electrons. The van der Waals surface area contributed by atoms with Gasteiger partial charge in [-0.2, -0.15) is 0 Å². The van der Waals surface area contributed by atoms with Gasteiger partial charge in [-0.1, -0.05) is 0 Å². The fraction of sp³-hybridized carbons (Fsp3) is 0.250. The van der Waals surface area contributed by atoms with Crippen LogP contribution in [-0.2, 0) is 11.2 Å². The zero-order valence-corrected chi connectivity index (χ0v) is 12.8. The van der Waals surface area contributed by atoms with Crippen molar-refractivity contribution >= 4 is 34.8 Å². The van der Waals surface area contributed by atoms with Crippen LogP contribution in [0.1, 0.15) is 16.1 Å². The number of aliphatic carboxylic acids is 1. The molecule has 2 rings (SSSR count). The number of aromatic nitrogens is 2. The summed E-state index contributed by atoms with van der Waals surface area (Å²) in [5, 5.41) is 20.2. The molecule has 21 heavy (non-hydrogen) atoms. The second kappa shape index (κ2) is 6.19. The number of hydrogen-bond donors (Lipinski definition) is 1. The molecule has 0 aliphatic heterocycles. The lowest BCUT2D eigenvalue weighted by Gasteiger charge is -1.99. The molecule has 0 saturated carbocycles. The molecular weight excluding hydrogens is 314 g/mol. The van der Waals surface area contributed by atoms with Crippen LogP contribution in [0, 0.1) is 24.0 Å². The van der Waals surface area contributed by atoms with Crippen LogP contribution in [0.25, 0.3) is 0 Å². The lowest BCUT2D eigenvalue weighted by Crippen LogP contribution is -1.99. The van der Waals surface area contributed by atoms with Crippen molar-refractivity contribution < 1.29 is 14.8 Å². The summed E-state index contributed by atoms with van der Waals surface area (Å²) >= 11 is 2.45. The zero-order valence-electron chi connectivity index (χ0n) is 11.2. The fourth-order valence-corrected chi connectivity index (χ4v) is 3.73. The van der Waals surface area contributed by atoms with Gasteiger partial charge in [0, 0.05) is 22.7 Å². The number of nitro groups is 1. The van der Waals surface area contributed by atoms with Crippen LogP contribution in [0.5, 0.6) is 0 Å². The van der Waals surface area contributed by atoms with Crippen LogP contribution in [0.4, 0.5) is 5.69 Å². The highest BCUT2D eigenvalue weighted by Gasteiger charge is 2.16. The second-order valence-corrected chi connectivity index (χ2v) is 6.58. The van der Waals surface area contributed by atoms with E-state index in [9.17, 15) is 14.9 Å². The number of thiazole rings is 1. The molecule has 1 N–H and O–H groups in total. The first-order chi connectivity index (χ1) is 9.86. The molecule has 0 fully saturated rings. The fourth-order valence-electron chi connectivity index (χ4n) is 1.58. The van der Waals surface area contributed by atoms with Gasteiger partial charge in [-0.25, -0.2) is 9.97 Å². The topological polar surface area (TPSA) is 106 Å². The van der Waals surface area contributed by atoms with E-state index < -0.39 is 10.9 Å². The van der Waals surface area contributed by atoms with E-state index >= 15 is 0 Å². The van der Waals surface area contributed by atoms with Crippen LogP contribution < -0.4 is 0 Å². The van der Waals surface area contributed by atoms with Gasteiger partial charge in [0.2, 0.25) is 0 Å². The summed E-state index contributed by atoms with van der Waals surface area (Å²) in [4.78, 5) is 30.2. The standard InChI is InChI=1S/C12H11N3O4S2/c1-6-5-13-10(3-8(6)15(18)19)21-12-14-7(2)9(20-12)4-11(16)17/h3,5H,4H2,1-2H3,(H,16,17). The number of carbonyl (C=O) groups is 1. The Kier molecular flexibility index (Phi) is 4.53. The molecule has 0 aromatic carbocycles. The van der Waals surface area contributed by atoms with E-state index in [1.807, 2.05) is 0 Å². The summed E-state index contributed by atoms with van der Waals surface area (Å²) in [6.45, 7) is 3.36. The van der Waals surface area contributed by atoms with Crippen molar-refractivity contribution in [1.29, 1.82) is 0 Å². The average Bonchev–Trinajstić information content (AvgIpc) is 2.71. The van der Waals surface area contributed by atoms with Gasteiger partial charge in [0.05, 0.1) is 17.0 Å². The molecule has 2 aromatic rings. The minimum atomic E-state index is -0.914. The summed E-state index contributed by atoms with van der Waals surface area (Å²) in [5.41, 5.74) is 1.16. The Morgan fingerprint density at radius 3 is 2.86 bits per heavy atom. The Balaban J connectivity index is 2.24. The van der Waals surface area contributed by atoms with Crippen LogP contribution in [-0.4, -0.2) is 26.0 Å². The molecule has 0 radical (unpaired) electrons. The van der Waals surface area contributed by atoms with Crippen molar-refractivity contribution in [2.45, 2.75) is 29.6 Å². The van der Waals surface area contributed by atoms with E-state index in [1.54, 1.807) is 13.8 Å². The van der Waals surface area contributed by atoms with Gasteiger partial charge in [-0.15, -0.1) is 11.3 Å². The summed E-state index contributed by atoms with van der Waals surface area (Å²) in [7, 11) is 0. The van der Waals surface area contributed by atoms with E-state index in [1.165, 1.54) is 35.4 Å². The monoisotopic (exact) mass is 325 g/mol. The summed E-state index contributed by atoms with van der Waals surface area (Å²) < 4.78 is 0.620. The van der Waals surface area contributed by atoms with Gasteiger partial charge < -0.3 is 5.11 Å². The maximum atomic E-state index is 10.9. The summed E-state index contributed by atoms with van der Waals surface area (Å²) in [5.74, 6) is -0.914. The van der Waals surface area contributed by atoms with Crippen LogP contribution in [0.2, 0.25) is 0 Å². The molecular formula is C12H11N3O4S2. The highest BCUT2D eigenvalue weighted by molar-refractivity contribution is 8.01. The van der Waals surface area contributed by atoms with Crippen molar-refractivity contribution in [3.63, 3.8) is 0 Å². The van der Waals surface area contributed by atoms with E-state index in [-0.39, 0.29) is 12.1 Å². The molecule has 2 aromatic heterocycles. The number of rotatable bonds is 5. The predicted octanol–water partition coefficient (Wildman–Crippen LogP) is 2.84. The average molecular weight is 325 g/mol. The highest BCUT2D eigenvalue weighted by Crippen LogP contribution is 2.34. The van der Waals surface area contributed by atoms with Crippen LogP contribution >= 0.6 is 23.1 Å². The quantitative estimate of drug-likeness (QED) is 0.665. The first-order valence-electron chi connectivity index (χ1n) is 5.84. The summed E-state index contributed by atoms with van der Waals surface area (Å²) in [6.07, 6.45) is 1.37. The van der Waals surface area contributed by atoms with Gasteiger partial charge in [0.15, 0.2) is 4.34 Å². The smallest absolute Gasteiger partial charge is 0.308 e. The largest absolute Gasteiger partial charge is 0.481 e. The number of nitrogens with zero attached hydrogens (tertiary/aromatic N) is 3. The minimum absolute atomic E-state index is 0.00605. The molecule has 0 bridgehead atoms. The minimum Gasteiger partial charge on any atom is -0.481 e. The lowest BCUT2D eigenvalue weighted by molar-refractivity contribution is -0.385. The van der Waals surface area contributed by atoms with E-state index in [0.717, 1.165) is 0 Å². The van der Waals surface area contributed by atoms with E-state index in [0.29, 0.717) is 25.5 Å². The van der Waals surface area contributed by atoms with Gasteiger partial charge in [-0.3, -0.25) is 14.9 Å². The molecule has 0 aliphatic carbocycles. The van der Waals surface area contributed by atoms with Gasteiger partial charge in [0.1, 0.15) is 5.03 Å².